The van der Waals surface area contributed by atoms with E-state index >= 15 is 0 Å². The van der Waals surface area contributed by atoms with Gasteiger partial charge in [0, 0.05) is 35.4 Å². The molecule has 2 aliphatic heterocycles. The van der Waals surface area contributed by atoms with Gasteiger partial charge in [0.25, 0.3) is 5.91 Å². The summed E-state index contributed by atoms with van der Waals surface area (Å²) in [6.45, 7) is 2.15. The number of hydrogen-bond acceptors (Lipinski definition) is 5. The molecule has 2 heterocycles. The Morgan fingerprint density at radius 2 is 1.90 bits per heavy atom. The van der Waals surface area contributed by atoms with E-state index in [0.29, 0.717) is 15.1 Å². The molecule has 2 aromatic rings. The smallest absolute Gasteiger partial charge is 0.264 e. The Morgan fingerprint density at radius 3 is 2.62 bits per heavy atom. The van der Waals surface area contributed by atoms with E-state index in [1.165, 1.54) is 31.0 Å². The first-order valence-electron chi connectivity index (χ1n) is 9.60. The van der Waals surface area contributed by atoms with Crippen molar-refractivity contribution in [2.45, 2.75) is 19.3 Å². The molecule has 1 amide bonds. The zero-order chi connectivity index (χ0) is 20.2. The van der Waals surface area contributed by atoms with E-state index in [1.54, 1.807) is 19.2 Å². The van der Waals surface area contributed by atoms with Gasteiger partial charge in [-0.2, -0.15) is 0 Å². The third-order valence-corrected chi connectivity index (χ3v) is 6.09. The molecule has 0 radical (unpaired) electrons. The Labute approximate surface area is 179 Å². The van der Waals surface area contributed by atoms with Crippen LogP contribution in [0.4, 0.5) is 11.4 Å². The van der Waals surface area contributed by atoms with Crippen molar-refractivity contribution in [3.63, 3.8) is 0 Å². The summed E-state index contributed by atoms with van der Waals surface area (Å²) in [5.41, 5.74) is 2.78. The van der Waals surface area contributed by atoms with Crippen LogP contribution in [0.2, 0.25) is 5.02 Å². The van der Waals surface area contributed by atoms with Crippen LogP contribution in [-0.4, -0.2) is 31.3 Å². The Hall–Kier alpha value is -2.44. The van der Waals surface area contributed by atoms with Gasteiger partial charge < -0.3 is 15.0 Å². The maximum Gasteiger partial charge on any atom is 0.264 e. The third kappa shape index (κ3) is 4.77. The van der Waals surface area contributed by atoms with Crippen LogP contribution in [0.1, 0.15) is 24.8 Å². The van der Waals surface area contributed by atoms with Gasteiger partial charge in [-0.1, -0.05) is 11.6 Å². The number of benzene rings is 2. The molecule has 2 fully saturated rings. The largest absolute Gasteiger partial charge is 0.496 e. The number of thioether (sulfide) groups is 1. The summed E-state index contributed by atoms with van der Waals surface area (Å²) < 4.78 is 5.60. The van der Waals surface area contributed by atoms with Gasteiger partial charge in [0.05, 0.1) is 17.7 Å². The molecule has 0 saturated carbocycles. The molecule has 0 spiro atoms. The highest BCUT2D eigenvalue weighted by atomic mass is 35.5. The highest BCUT2D eigenvalue weighted by molar-refractivity contribution is 8.18. The highest BCUT2D eigenvalue weighted by Crippen LogP contribution is 2.33. The van der Waals surface area contributed by atoms with E-state index in [1.807, 2.05) is 24.3 Å². The van der Waals surface area contributed by atoms with Crippen LogP contribution in [0, 0.1) is 0 Å². The van der Waals surface area contributed by atoms with E-state index < -0.39 is 0 Å². The zero-order valence-electron chi connectivity index (χ0n) is 16.2. The number of piperidine rings is 1. The Bertz CT molecular complexity index is 967. The number of nitrogens with zero attached hydrogens (tertiary/aromatic N) is 2. The normalized spacial score (nSPS) is 19.7. The summed E-state index contributed by atoms with van der Waals surface area (Å²) in [7, 11) is 1.66. The van der Waals surface area contributed by atoms with Gasteiger partial charge in [0.2, 0.25) is 0 Å². The van der Waals surface area contributed by atoms with Crippen molar-refractivity contribution in [3.8, 4) is 5.75 Å². The molecule has 1 N–H and O–H groups in total. The number of nitrogens with one attached hydrogen (secondary N) is 1. The fraction of sp³-hybridized carbons (Fsp3) is 0.273. The van der Waals surface area contributed by atoms with Crippen molar-refractivity contribution in [1.82, 2.24) is 5.32 Å². The molecule has 2 saturated heterocycles. The number of hydrogen-bond donors (Lipinski definition) is 1. The lowest BCUT2D eigenvalue weighted by Gasteiger charge is -2.29. The van der Waals surface area contributed by atoms with Gasteiger partial charge in [-0.25, -0.2) is 4.99 Å². The van der Waals surface area contributed by atoms with Crippen LogP contribution >= 0.6 is 23.4 Å². The lowest BCUT2D eigenvalue weighted by molar-refractivity contribution is -0.115. The second-order valence-corrected chi connectivity index (χ2v) is 8.40. The average molecular weight is 428 g/mol. The molecule has 0 bridgehead atoms. The molecule has 0 aromatic heterocycles. The van der Waals surface area contributed by atoms with Gasteiger partial charge >= 0.3 is 0 Å². The quantitative estimate of drug-likeness (QED) is 0.678. The van der Waals surface area contributed by atoms with E-state index in [4.69, 9.17) is 16.3 Å². The minimum Gasteiger partial charge on any atom is -0.496 e. The number of amidine groups is 1. The molecule has 7 heteroatoms. The van der Waals surface area contributed by atoms with Crippen LogP contribution in [0.15, 0.2) is 52.4 Å². The maximum absolute atomic E-state index is 12.4. The summed E-state index contributed by atoms with van der Waals surface area (Å²) >= 11 is 7.22. The van der Waals surface area contributed by atoms with Gasteiger partial charge in [0.15, 0.2) is 5.17 Å². The number of aliphatic imine (C=N–C) groups is 1. The maximum atomic E-state index is 12.4. The minimum absolute atomic E-state index is 0.162. The molecule has 5 nitrogen and oxygen atoms in total. The first kappa shape index (κ1) is 19.9. The number of halogens is 1. The van der Waals surface area contributed by atoms with Crippen molar-refractivity contribution >= 4 is 51.9 Å². The second-order valence-electron chi connectivity index (χ2n) is 6.93. The van der Waals surface area contributed by atoms with Gasteiger partial charge in [-0.15, -0.1) is 0 Å². The number of ether oxygens (including phenoxy) is 1. The van der Waals surface area contributed by atoms with Crippen molar-refractivity contribution in [2.24, 2.45) is 4.99 Å². The molecular formula is C22H22ClN3O2S. The number of carbonyl (C=O) groups excluding carboxylic acids is 1. The molecule has 150 valence electrons. The highest BCUT2D eigenvalue weighted by Gasteiger charge is 2.24. The molecule has 2 aliphatic rings. The zero-order valence-corrected chi connectivity index (χ0v) is 17.7. The van der Waals surface area contributed by atoms with E-state index in [-0.39, 0.29) is 5.91 Å². The SMILES string of the molecule is COc1cc(N2CCCCC2)ccc1/C=C1\SC(=Nc2ccc(Cl)cc2)NC1=O. The standard InChI is InChI=1S/C22H22ClN3O2S/c1-28-19-14-18(26-11-3-2-4-12-26)10-5-15(19)13-20-21(27)25-22(29-20)24-17-8-6-16(23)7-9-17/h5-10,13-14H,2-4,11-12H2,1H3,(H,24,25,27)/b20-13-. The third-order valence-electron chi connectivity index (χ3n) is 4.93. The molecule has 0 aliphatic carbocycles. The van der Waals surface area contributed by atoms with Crippen LogP contribution < -0.4 is 15.0 Å². The van der Waals surface area contributed by atoms with E-state index in [2.05, 4.69) is 27.3 Å². The van der Waals surface area contributed by atoms with Gasteiger partial charge in [-0.3, -0.25) is 4.79 Å². The van der Waals surface area contributed by atoms with E-state index in [9.17, 15) is 4.79 Å². The summed E-state index contributed by atoms with van der Waals surface area (Å²) in [5.74, 6) is 0.599. The molecule has 2 aromatic carbocycles. The Balaban J connectivity index is 1.55. The van der Waals surface area contributed by atoms with Crippen molar-refractivity contribution < 1.29 is 9.53 Å². The van der Waals surface area contributed by atoms with Crippen molar-refractivity contribution in [2.75, 3.05) is 25.1 Å². The number of rotatable bonds is 4. The van der Waals surface area contributed by atoms with Crippen LogP contribution in [0.5, 0.6) is 5.75 Å². The fourth-order valence-electron chi connectivity index (χ4n) is 3.42. The predicted octanol–water partition coefficient (Wildman–Crippen LogP) is 5.23. The van der Waals surface area contributed by atoms with Crippen LogP contribution in [0.3, 0.4) is 0 Å². The Kier molecular flexibility index (Phi) is 6.11. The number of carbonyl (C=O) groups is 1. The lowest BCUT2D eigenvalue weighted by atomic mass is 10.1. The van der Waals surface area contributed by atoms with Crippen molar-refractivity contribution in [1.29, 1.82) is 0 Å². The average Bonchev–Trinajstić information content (AvgIpc) is 3.09. The topological polar surface area (TPSA) is 53.9 Å². The molecule has 4 rings (SSSR count). The van der Waals surface area contributed by atoms with Crippen LogP contribution in [-0.2, 0) is 4.79 Å². The van der Waals surface area contributed by atoms with Gasteiger partial charge in [0.1, 0.15) is 5.75 Å². The summed E-state index contributed by atoms with van der Waals surface area (Å²) in [6.07, 6.45) is 5.59. The molecular weight excluding hydrogens is 406 g/mol. The molecule has 0 atom stereocenters. The number of methoxy groups -OCH3 is 1. The lowest BCUT2D eigenvalue weighted by Crippen LogP contribution is -2.29. The summed E-state index contributed by atoms with van der Waals surface area (Å²) in [4.78, 5) is 19.8. The van der Waals surface area contributed by atoms with Gasteiger partial charge in [-0.05, 0) is 73.5 Å². The summed E-state index contributed by atoms with van der Waals surface area (Å²) in [5, 5.41) is 4.01. The molecule has 0 unspecified atom stereocenters. The minimum atomic E-state index is -0.162. The number of anilines is 1. The van der Waals surface area contributed by atoms with Crippen LogP contribution in [0.25, 0.3) is 6.08 Å². The van der Waals surface area contributed by atoms with Crippen molar-refractivity contribution in [3.05, 3.63) is 58.0 Å². The van der Waals surface area contributed by atoms with E-state index in [0.717, 1.165) is 35.8 Å². The second kappa shape index (κ2) is 8.93. The Morgan fingerprint density at radius 1 is 1.14 bits per heavy atom. The summed E-state index contributed by atoms with van der Waals surface area (Å²) in [6, 6.07) is 13.3. The number of amides is 1. The monoisotopic (exact) mass is 427 g/mol. The molecule has 29 heavy (non-hydrogen) atoms. The first-order valence-corrected chi connectivity index (χ1v) is 10.8. The predicted molar refractivity (Wildman–Crippen MR) is 121 cm³/mol. The fourth-order valence-corrected chi connectivity index (χ4v) is 4.38. The first-order chi connectivity index (χ1) is 14.1.